The standard InChI is InChI=1S/C30H52O7/c1-25(2,31)19-11-15-29(7,34-19)23-13-17-27(5,36-23)21-9-10-22(33-21)28(6)18-14-24(37-28)30(8)16-12-20(35-30)26(3,4)32/h19-24,31-32H,9-18H2,1-8H3/t19-,20-,21-,22-,23-,24+,27+,28+,29+,30+/m1/s1. The van der Waals surface area contributed by atoms with Crippen LogP contribution in [0.15, 0.2) is 0 Å². The van der Waals surface area contributed by atoms with Crippen molar-refractivity contribution in [2.75, 3.05) is 0 Å². The fourth-order valence-electron chi connectivity index (χ4n) is 7.78. The molecular formula is C30H52O7. The van der Waals surface area contributed by atoms with Gasteiger partial charge in [0.25, 0.3) is 0 Å². The minimum Gasteiger partial charge on any atom is -0.388 e. The van der Waals surface area contributed by atoms with Crippen LogP contribution in [0.4, 0.5) is 0 Å². The van der Waals surface area contributed by atoms with Crippen molar-refractivity contribution in [1.29, 1.82) is 0 Å². The SMILES string of the molecule is CC(C)(O)[C@H]1CC[C@@](C)([C@@H]2CC[C@@](C)([C@H]3CC[C@H]([C@]4(C)CC[C@H]([C@]5(C)CC[C@H](C(C)(C)O)O5)O4)O3)O2)O1. The second-order valence-corrected chi connectivity index (χ2v) is 14.8. The molecule has 0 amide bonds. The molecule has 0 aromatic heterocycles. The zero-order valence-electron chi connectivity index (χ0n) is 24.5. The number of hydrogen-bond donors (Lipinski definition) is 2. The molecule has 5 aliphatic rings. The van der Waals surface area contributed by atoms with E-state index in [1.165, 1.54) is 0 Å². The fourth-order valence-corrected chi connectivity index (χ4v) is 7.78. The molecule has 0 unspecified atom stereocenters. The Labute approximate surface area is 223 Å². The first kappa shape index (κ1) is 28.3. The maximum Gasteiger partial charge on any atom is 0.0921 e. The van der Waals surface area contributed by atoms with Crippen LogP contribution in [0.2, 0.25) is 0 Å². The summed E-state index contributed by atoms with van der Waals surface area (Å²) in [6, 6.07) is 0. The summed E-state index contributed by atoms with van der Waals surface area (Å²) in [7, 11) is 0. The van der Waals surface area contributed by atoms with Gasteiger partial charge in [-0.15, -0.1) is 0 Å². The molecule has 0 radical (unpaired) electrons. The Morgan fingerprint density at radius 2 is 0.811 bits per heavy atom. The van der Waals surface area contributed by atoms with Gasteiger partial charge in [-0.25, -0.2) is 0 Å². The third-order valence-electron chi connectivity index (χ3n) is 10.6. The molecule has 7 heteroatoms. The molecule has 0 spiro atoms. The van der Waals surface area contributed by atoms with E-state index in [4.69, 9.17) is 23.7 Å². The van der Waals surface area contributed by atoms with Crippen LogP contribution in [0.1, 0.15) is 120 Å². The predicted octanol–water partition coefficient (Wildman–Crippen LogP) is 4.83. The third kappa shape index (κ3) is 5.16. The van der Waals surface area contributed by atoms with E-state index in [-0.39, 0.29) is 59.0 Å². The number of aliphatic hydroxyl groups is 2. The maximum absolute atomic E-state index is 10.5. The van der Waals surface area contributed by atoms with E-state index < -0.39 is 11.2 Å². The van der Waals surface area contributed by atoms with E-state index in [1.807, 2.05) is 27.7 Å². The summed E-state index contributed by atoms with van der Waals surface area (Å²) in [5, 5.41) is 20.9. The van der Waals surface area contributed by atoms with Crippen molar-refractivity contribution >= 4 is 0 Å². The molecule has 0 bridgehead atoms. The van der Waals surface area contributed by atoms with E-state index in [9.17, 15) is 10.2 Å². The van der Waals surface area contributed by atoms with Gasteiger partial charge in [0.15, 0.2) is 0 Å². The lowest BCUT2D eigenvalue weighted by Gasteiger charge is -2.39. The molecule has 5 aliphatic heterocycles. The average Bonchev–Trinajstić information content (AvgIpc) is 3.57. The van der Waals surface area contributed by atoms with Gasteiger partial charge in [0.2, 0.25) is 0 Å². The van der Waals surface area contributed by atoms with E-state index in [1.54, 1.807) is 0 Å². The third-order valence-corrected chi connectivity index (χ3v) is 10.6. The Balaban J connectivity index is 1.18. The van der Waals surface area contributed by atoms with Gasteiger partial charge in [0.05, 0.1) is 70.2 Å². The molecule has 0 saturated carbocycles. The van der Waals surface area contributed by atoms with Crippen LogP contribution in [0.5, 0.6) is 0 Å². The highest BCUT2D eigenvalue weighted by atomic mass is 16.6. The molecule has 0 aromatic carbocycles. The van der Waals surface area contributed by atoms with Crippen LogP contribution >= 0.6 is 0 Å². The molecule has 0 aliphatic carbocycles. The highest BCUT2D eigenvalue weighted by Crippen LogP contribution is 2.51. The lowest BCUT2D eigenvalue weighted by Crippen LogP contribution is -2.48. The van der Waals surface area contributed by atoms with Gasteiger partial charge >= 0.3 is 0 Å². The van der Waals surface area contributed by atoms with Crippen LogP contribution in [0.3, 0.4) is 0 Å². The van der Waals surface area contributed by atoms with Crippen molar-refractivity contribution in [2.24, 2.45) is 0 Å². The van der Waals surface area contributed by atoms with Gasteiger partial charge in [0.1, 0.15) is 0 Å². The topological polar surface area (TPSA) is 86.6 Å². The molecule has 5 heterocycles. The largest absolute Gasteiger partial charge is 0.388 e. The van der Waals surface area contributed by atoms with Gasteiger partial charge < -0.3 is 33.9 Å². The Morgan fingerprint density at radius 1 is 0.486 bits per heavy atom. The monoisotopic (exact) mass is 524 g/mol. The summed E-state index contributed by atoms with van der Waals surface area (Å²) in [5.74, 6) is 0. The Bertz CT molecular complexity index is 782. The van der Waals surface area contributed by atoms with Crippen LogP contribution in [0.25, 0.3) is 0 Å². The first-order valence-corrected chi connectivity index (χ1v) is 14.8. The van der Waals surface area contributed by atoms with Crippen molar-refractivity contribution in [3.63, 3.8) is 0 Å². The van der Waals surface area contributed by atoms with Crippen LogP contribution in [-0.2, 0) is 23.7 Å². The Morgan fingerprint density at radius 3 is 1.14 bits per heavy atom. The highest BCUT2D eigenvalue weighted by Gasteiger charge is 2.58. The minimum absolute atomic E-state index is 0.0124. The molecule has 5 rings (SSSR count). The van der Waals surface area contributed by atoms with Gasteiger partial charge in [0, 0.05) is 0 Å². The first-order chi connectivity index (χ1) is 17.0. The van der Waals surface area contributed by atoms with E-state index in [2.05, 4.69) is 27.7 Å². The van der Waals surface area contributed by atoms with E-state index in [0.29, 0.717) is 0 Å². The molecule has 5 saturated heterocycles. The summed E-state index contributed by atoms with van der Waals surface area (Å²) in [4.78, 5) is 0. The van der Waals surface area contributed by atoms with Crippen LogP contribution in [0, 0.1) is 0 Å². The summed E-state index contributed by atoms with van der Waals surface area (Å²) in [5.41, 5.74) is -3.10. The van der Waals surface area contributed by atoms with E-state index in [0.717, 1.165) is 64.2 Å². The Hall–Kier alpha value is -0.280. The van der Waals surface area contributed by atoms with Crippen molar-refractivity contribution in [3.8, 4) is 0 Å². The highest BCUT2D eigenvalue weighted by molar-refractivity contribution is 5.07. The van der Waals surface area contributed by atoms with Gasteiger partial charge in [-0.1, -0.05) is 0 Å². The maximum atomic E-state index is 10.5. The van der Waals surface area contributed by atoms with Gasteiger partial charge in [-0.2, -0.15) is 0 Å². The second kappa shape index (κ2) is 9.12. The molecule has 2 N–H and O–H groups in total. The lowest BCUT2D eigenvalue weighted by atomic mass is 9.89. The molecule has 10 atom stereocenters. The summed E-state index contributed by atoms with van der Waals surface area (Å²) in [6.45, 7) is 16.0. The first-order valence-electron chi connectivity index (χ1n) is 14.8. The summed E-state index contributed by atoms with van der Waals surface area (Å²) < 4.78 is 33.1. The number of hydrogen-bond acceptors (Lipinski definition) is 7. The predicted molar refractivity (Wildman–Crippen MR) is 141 cm³/mol. The lowest BCUT2D eigenvalue weighted by molar-refractivity contribution is -0.214. The number of rotatable bonds is 6. The smallest absolute Gasteiger partial charge is 0.0921 e. The number of ether oxygens (including phenoxy) is 5. The zero-order valence-corrected chi connectivity index (χ0v) is 24.5. The van der Waals surface area contributed by atoms with Crippen molar-refractivity contribution in [1.82, 2.24) is 0 Å². The van der Waals surface area contributed by atoms with Crippen molar-refractivity contribution in [3.05, 3.63) is 0 Å². The second-order valence-electron chi connectivity index (χ2n) is 14.8. The van der Waals surface area contributed by atoms with Crippen LogP contribution < -0.4 is 0 Å². The minimum atomic E-state index is -0.841. The van der Waals surface area contributed by atoms with E-state index >= 15 is 0 Å². The quantitative estimate of drug-likeness (QED) is 0.515. The van der Waals surface area contributed by atoms with Crippen molar-refractivity contribution in [2.45, 2.75) is 190 Å². The molecule has 214 valence electrons. The van der Waals surface area contributed by atoms with Crippen molar-refractivity contribution < 1.29 is 33.9 Å². The molecule has 5 fully saturated rings. The van der Waals surface area contributed by atoms with Gasteiger partial charge in [-0.05, 0) is 120 Å². The summed E-state index contributed by atoms with van der Waals surface area (Å²) >= 11 is 0. The van der Waals surface area contributed by atoms with Gasteiger partial charge in [-0.3, -0.25) is 0 Å². The zero-order chi connectivity index (χ0) is 27.1. The molecule has 37 heavy (non-hydrogen) atoms. The average molecular weight is 525 g/mol. The molecule has 0 aromatic rings. The molecule has 7 nitrogen and oxygen atoms in total. The molecular weight excluding hydrogens is 472 g/mol. The van der Waals surface area contributed by atoms with Crippen LogP contribution in [-0.4, -0.2) is 80.4 Å². The Kier molecular flexibility index (Phi) is 6.96. The summed E-state index contributed by atoms with van der Waals surface area (Å²) in [6.07, 6.45) is 9.04. The fraction of sp³-hybridized carbons (Fsp3) is 1.00. The normalized spacial score (nSPS) is 51.4.